The molecule has 0 atom stereocenters. The van der Waals surface area contributed by atoms with Crippen LogP contribution in [-0.4, -0.2) is 17.7 Å². The number of carbonyl (C=O) groups is 1. The number of aryl methyl sites for hydroxylation is 2. The average Bonchev–Trinajstić information content (AvgIpc) is 3.61. The van der Waals surface area contributed by atoms with E-state index in [2.05, 4.69) is 28.5 Å². The second-order valence-electron chi connectivity index (χ2n) is 9.43. The molecule has 1 amide bonds. The molecule has 0 fully saturated rings. The molecule has 3 aromatic heterocycles. The van der Waals surface area contributed by atoms with Crippen molar-refractivity contribution in [2.75, 3.05) is 12.5 Å². The molecule has 0 radical (unpaired) electrons. The van der Waals surface area contributed by atoms with Gasteiger partial charge >= 0.3 is 0 Å². The summed E-state index contributed by atoms with van der Waals surface area (Å²) >= 11 is 0. The number of nitrogen functional groups attached to an aromatic ring is 1. The fourth-order valence-electron chi connectivity index (χ4n) is 5.36. The summed E-state index contributed by atoms with van der Waals surface area (Å²) in [5.41, 5.74) is 12.8. The third-order valence-electron chi connectivity index (χ3n) is 7.19. The highest BCUT2D eigenvalue weighted by Gasteiger charge is 2.22. The Morgan fingerprint density at radius 3 is 2.54 bits per heavy atom. The van der Waals surface area contributed by atoms with E-state index in [-0.39, 0.29) is 12.7 Å². The zero-order chi connectivity index (χ0) is 25.3. The maximum Gasteiger partial charge on any atom is 0.251 e. The first kappa shape index (κ1) is 21.5. The zero-order valence-corrected chi connectivity index (χ0v) is 20.3. The summed E-state index contributed by atoms with van der Waals surface area (Å²) in [5.74, 6) is 1.85. The number of furan rings is 2. The summed E-state index contributed by atoms with van der Waals surface area (Å²) < 4.78 is 17.5. The first-order valence-electron chi connectivity index (χ1n) is 12.1. The molecule has 3 aromatic carbocycles. The topological polar surface area (TPSA) is 99.6 Å². The van der Waals surface area contributed by atoms with E-state index in [1.54, 1.807) is 0 Å². The number of ether oxygens (including phenoxy) is 2. The number of rotatable bonds is 4. The molecule has 7 rings (SSSR count). The molecule has 37 heavy (non-hydrogen) atoms. The van der Waals surface area contributed by atoms with Gasteiger partial charge in [-0.3, -0.25) is 4.79 Å². The number of amides is 1. The molecule has 7 heteroatoms. The van der Waals surface area contributed by atoms with Gasteiger partial charge in [-0.15, -0.1) is 0 Å². The van der Waals surface area contributed by atoms with E-state index >= 15 is 0 Å². The number of fused-ring (bicyclic) bond motifs is 9. The van der Waals surface area contributed by atoms with Crippen LogP contribution in [0.2, 0.25) is 0 Å². The van der Waals surface area contributed by atoms with Crippen LogP contribution in [0.5, 0.6) is 11.5 Å². The molecule has 0 spiro atoms. The molecule has 0 unspecified atom stereocenters. The van der Waals surface area contributed by atoms with Gasteiger partial charge in [0.15, 0.2) is 11.5 Å². The lowest BCUT2D eigenvalue weighted by atomic mass is 9.97. The first-order valence-corrected chi connectivity index (χ1v) is 12.1. The molecule has 0 aliphatic carbocycles. The Balaban J connectivity index is 1.23. The van der Waals surface area contributed by atoms with Crippen LogP contribution >= 0.6 is 0 Å². The van der Waals surface area contributed by atoms with E-state index in [9.17, 15) is 4.79 Å². The predicted molar refractivity (Wildman–Crippen MR) is 143 cm³/mol. The highest BCUT2D eigenvalue weighted by atomic mass is 16.7. The molecule has 2 bridgehead atoms. The number of nitrogens with one attached hydrogen (secondary N) is 1. The molecule has 6 aromatic rings. The summed E-state index contributed by atoms with van der Waals surface area (Å²) in [6.07, 6.45) is 0. The van der Waals surface area contributed by atoms with Crippen molar-refractivity contribution in [1.29, 1.82) is 0 Å². The van der Waals surface area contributed by atoms with Gasteiger partial charge in [0, 0.05) is 44.9 Å². The van der Waals surface area contributed by atoms with E-state index in [4.69, 9.17) is 19.6 Å². The lowest BCUT2D eigenvalue weighted by Gasteiger charge is -2.11. The number of benzene rings is 4. The van der Waals surface area contributed by atoms with Crippen molar-refractivity contribution in [2.24, 2.45) is 0 Å². The van der Waals surface area contributed by atoms with Gasteiger partial charge in [-0.1, -0.05) is 18.2 Å². The monoisotopic (exact) mass is 489 g/mol. The van der Waals surface area contributed by atoms with Gasteiger partial charge in [0.2, 0.25) is 6.79 Å². The molecular weight excluding hydrogens is 466 g/mol. The van der Waals surface area contributed by atoms with Gasteiger partial charge in [0.05, 0.1) is 0 Å². The minimum absolute atomic E-state index is 0.150. The Bertz CT molecular complexity index is 1850. The van der Waals surface area contributed by atoms with Crippen LogP contribution in [0.1, 0.15) is 27.2 Å². The Morgan fingerprint density at radius 1 is 0.946 bits per heavy atom. The average molecular weight is 490 g/mol. The summed E-state index contributed by atoms with van der Waals surface area (Å²) in [6.45, 7) is 4.49. The Labute approximate surface area is 212 Å². The van der Waals surface area contributed by atoms with Crippen molar-refractivity contribution >= 4 is 44.4 Å². The molecule has 0 saturated heterocycles. The first-order chi connectivity index (χ1) is 18.0. The number of nitrogens with zero attached hydrogens (tertiary/aromatic N) is 1. The lowest BCUT2D eigenvalue weighted by Crippen LogP contribution is -2.24. The van der Waals surface area contributed by atoms with Crippen LogP contribution in [0.25, 0.3) is 43.8 Å². The highest BCUT2D eigenvalue weighted by molar-refractivity contribution is 6.26. The van der Waals surface area contributed by atoms with Crippen LogP contribution in [-0.2, 0) is 6.54 Å². The smallest absolute Gasteiger partial charge is 0.251 e. The fourth-order valence-corrected chi connectivity index (χ4v) is 5.36. The Morgan fingerprint density at radius 2 is 1.73 bits per heavy atom. The van der Waals surface area contributed by atoms with Gasteiger partial charge in [0.25, 0.3) is 5.91 Å². The lowest BCUT2D eigenvalue weighted by molar-refractivity contribution is 0.0951. The predicted octanol–water partition coefficient (Wildman–Crippen LogP) is 6.10. The molecule has 0 saturated carbocycles. The standard InChI is InChI=1S/C30H23N3O4/c1-15-10-26(31)33-16(2)24(15)13-32-30(34)18-7-9-21-23(12-18)28-20-8-6-17(11-22(20)27(21)37-28)19-4-3-5-25-29(19)36-14-35-25/h3-12H,13-14H2,1-2H3,(H2,31,33)(H,32,34). The minimum Gasteiger partial charge on any atom is -0.455 e. The van der Waals surface area contributed by atoms with E-state index in [1.807, 2.05) is 56.3 Å². The van der Waals surface area contributed by atoms with Crippen molar-refractivity contribution in [3.63, 3.8) is 0 Å². The van der Waals surface area contributed by atoms with Gasteiger partial charge in [-0.2, -0.15) is 0 Å². The second kappa shape index (κ2) is 7.86. The molecule has 3 N–H and O–H groups in total. The molecule has 4 heterocycles. The second-order valence-corrected chi connectivity index (χ2v) is 9.43. The van der Waals surface area contributed by atoms with Gasteiger partial charge in [0.1, 0.15) is 17.0 Å². The highest BCUT2D eigenvalue weighted by Crippen LogP contribution is 2.45. The summed E-state index contributed by atoms with van der Waals surface area (Å²) in [7, 11) is 0. The van der Waals surface area contributed by atoms with Crippen molar-refractivity contribution in [3.05, 3.63) is 83.0 Å². The van der Waals surface area contributed by atoms with Crippen molar-refractivity contribution in [3.8, 4) is 22.6 Å². The number of anilines is 1. The largest absolute Gasteiger partial charge is 0.455 e. The molecule has 182 valence electrons. The molecular formula is C30H23N3O4. The molecule has 1 aliphatic heterocycles. The maximum absolute atomic E-state index is 13.0. The van der Waals surface area contributed by atoms with E-state index in [0.717, 1.165) is 72.2 Å². The molecule has 7 nitrogen and oxygen atoms in total. The van der Waals surface area contributed by atoms with Crippen LogP contribution < -0.4 is 20.5 Å². The van der Waals surface area contributed by atoms with Crippen LogP contribution in [0, 0.1) is 13.8 Å². The van der Waals surface area contributed by atoms with E-state index < -0.39 is 0 Å². The van der Waals surface area contributed by atoms with Crippen molar-refractivity contribution in [2.45, 2.75) is 20.4 Å². The number of carbonyl (C=O) groups excluding carboxylic acids is 1. The number of nitrogens with two attached hydrogens (primary N) is 1. The Hall–Kier alpha value is -4.78. The van der Waals surface area contributed by atoms with Crippen LogP contribution in [0.3, 0.4) is 0 Å². The van der Waals surface area contributed by atoms with Crippen molar-refractivity contribution in [1.82, 2.24) is 10.3 Å². The SMILES string of the molecule is Cc1cc(N)nc(C)c1CNC(=O)c1ccc2c(c1)c1oc2c2cc(-c3cccc4c3OCO4)ccc21. The number of hydrogen-bond acceptors (Lipinski definition) is 6. The zero-order valence-electron chi connectivity index (χ0n) is 20.3. The van der Waals surface area contributed by atoms with Crippen LogP contribution in [0.15, 0.2) is 65.1 Å². The van der Waals surface area contributed by atoms with Gasteiger partial charge in [-0.05, 0) is 73.0 Å². The maximum atomic E-state index is 13.0. The van der Waals surface area contributed by atoms with E-state index in [1.165, 1.54) is 0 Å². The third kappa shape index (κ3) is 3.27. The third-order valence-corrected chi connectivity index (χ3v) is 7.19. The normalized spacial score (nSPS) is 12.7. The number of hydrogen-bond donors (Lipinski definition) is 2. The summed E-state index contributed by atoms with van der Waals surface area (Å²) in [6, 6.07) is 19.7. The Kier molecular flexibility index (Phi) is 4.57. The fraction of sp³-hybridized carbons (Fsp3) is 0.133. The van der Waals surface area contributed by atoms with Crippen LogP contribution in [0.4, 0.5) is 5.82 Å². The molecule has 1 aliphatic rings. The van der Waals surface area contributed by atoms with Gasteiger partial charge < -0.3 is 24.9 Å². The van der Waals surface area contributed by atoms with E-state index in [0.29, 0.717) is 17.9 Å². The number of para-hydroxylation sites is 1. The van der Waals surface area contributed by atoms with Crippen molar-refractivity contribution < 1.29 is 18.7 Å². The van der Waals surface area contributed by atoms with Gasteiger partial charge in [-0.25, -0.2) is 4.98 Å². The number of pyridine rings is 1. The minimum atomic E-state index is -0.150. The number of aromatic nitrogens is 1. The summed E-state index contributed by atoms with van der Waals surface area (Å²) in [5, 5.41) is 7.00. The quantitative estimate of drug-likeness (QED) is 0.291. The summed E-state index contributed by atoms with van der Waals surface area (Å²) in [4.78, 5) is 17.3.